The highest BCUT2D eigenvalue weighted by Crippen LogP contribution is 2.25. The number of nitrogens with one attached hydrogen (secondary N) is 1. The maximum atomic E-state index is 12.8. The number of halogens is 1. The smallest absolute Gasteiger partial charge is 0.238 e. The Morgan fingerprint density at radius 3 is 3.05 bits per heavy atom. The van der Waals surface area contributed by atoms with Crippen LogP contribution >= 0.6 is 0 Å². The van der Waals surface area contributed by atoms with E-state index in [1.165, 1.54) is 0 Å². The average Bonchev–Trinajstić information content (AvgIpc) is 2.86. The van der Waals surface area contributed by atoms with Gasteiger partial charge >= 0.3 is 0 Å². The van der Waals surface area contributed by atoms with E-state index in [4.69, 9.17) is 4.74 Å². The van der Waals surface area contributed by atoms with Gasteiger partial charge in [-0.25, -0.2) is 4.39 Å². The van der Waals surface area contributed by atoms with Crippen LogP contribution < -0.4 is 10.1 Å². The lowest BCUT2D eigenvalue weighted by Crippen LogP contribution is -2.37. The summed E-state index contributed by atoms with van der Waals surface area (Å²) in [6, 6.07) is 5.51. The van der Waals surface area contributed by atoms with Crippen molar-refractivity contribution in [3.63, 3.8) is 0 Å². The number of carbonyl (C=O) groups is 1. The Morgan fingerprint density at radius 1 is 1.55 bits per heavy atom. The van der Waals surface area contributed by atoms with Crippen molar-refractivity contribution >= 4 is 11.6 Å². The highest BCUT2D eigenvalue weighted by molar-refractivity contribution is 5.93. The molecule has 4 nitrogen and oxygen atoms in total. The first kappa shape index (κ1) is 14.8. The molecule has 1 amide bonds. The monoisotopic (exact) mass is 280 g/mol. The predicted octanol–water partition coefficient (Wildman–Crippen LogP) is 2.38. The van der Waals surface area contributed by atoms with Gasteiger partial charge in [-0.3, -0.25) is 9.69 Å². The number of hydrogen-bond acceptors (Lipinski definition) is 3. The fraction of sp³-hybridized carbons (Fsp3) is 0.533. The molecule has 0 spiro atoms. The lowest BCUT2D eigenvalue weighted by molar-refractivity contribution is -0.117. The topological polar surface area (TPSA) is 41.6 Å². The number of likely N-dealkylation sites (tertiary alicyclic amines) is 1. The summed E-state index contributed by atoms with van der Waals surface area (Å²) in [7, 11) is 1.57. The van der Waals surface area contributed by atoms with Gasteiger partial charge in [0, 0.05) is 6.04 Å². The third-order valence-corrected chi connectivity index (χ3v) is 3.65. The van der Waals surface area contributed by atoms with Crippen LogP contribution in [0.15, 0.2) is 18.2 Å². The molecular formula is C15H21FN2O2. The molecule has 1 atom stereocenters. The number of alkyl halides is 1. The minimum Gasteiger partial charge on any atom is -0.495 e. The van der Waals surface area contributed by atoms with Gasteiger partial charge in [0.2, 0.25) is 5.91 Å². The summed E-state index contributed by atoms with van der Waals surface area (Å²) in [6.07, 6.45) is 1.78. The lowest BCUT2D eigenvalue weighted by Gasteiger charge is -2.21. The third-order valence-electron chi connectivity index (χ3n) is 3.65. The van der Waals surface area contributed by atoms with Crippen LogP contribution in [0.3, 0.4) is 0 Å². The van der Waals surface area contributed by atoms with E-state index in [0.29, 0.717) is 11.4 Å². The van der Waals surface area contributed by atoms with E-state index < -0.39 is 0 Å². The molecule has 0 radical (unpaired) electrons. The fourth-order valence-electron chi connectivity index (χ4n) is 2.57. The van der Waals surface area contributed by atoms with Gasteiger partial charge in [-0.2, -0.15) is 0 Å². The maximum absolute atomic E-state index is 12.8. The van der Waals surface area contributed by atoms with Crippen molar-refractivity contribution in [2.75, 3.05) is 32.2 Å². The molecule has 1 heterocycles. The number of nitrogens with zero attached hydrogens (tertiary/aromatic N) is 1. The largest absolute Gasteiger partial charge is 0.495 e. The molecule has 1 aliphatic heterocycles. The summed E-state index contributed by atoms with van der Waals surface area (Å²) < 4.78 is 18.0. The number of benzene rings is 1. The van der Waals surface area contributed by atoms with Crippen LogP contribution in [0.2, 0.25) is 0 Å². The van der Waals surface area contributed by atoms with E-state index in [9.17, 15) is 9.18 Å². The van der Waals surface area contributed by atoms with Crippen molar-refractivity contribution in [2.24, 2.45) is 0 Å². The van der Waals surface area contributed by atoms with Gasteiger partial charge in [-0.05, 0) is 44.0 Å². The number of aryl methyl sites for hydroxylation is 1. The minimum absolute atomic E-state index is 0.111. The van der Waals surface area contributed by atoms with Gasteiger partial charge in [0.1, 0.15) is 12.4 Å². The molecular weight excluding hydrogens is 259 g/mol. The molecule has 2 rings (SSSR count). The van der Waals surface area contributed by atoms with Gasteiger partial charge in [0.05, 0.1) is 19.3 Å². The van der Waals surface area contributed by atoms with Crippen molar-refractivity contribution < 1.29 is 13.9 Å². The summed E-state index contributed by atoms with van der Waals surface area (Å²) in [5.41, 5.74) is 1.71. The second-order valence-electron chi connectivity index (χ2n) is 5.17. The Kier molecular flexibility index (Phi) is 4.95. The lowest BCUT2D eigenvalue weighted by atomic mass is 10.2. The minimum atomic E-state index is -0.388. The molecule has 1 fully saturated rings. The Hall–Kier alpha value is -1.62. The molecule has 1 aromatic rings. The average molecular weight is 280 g/mol. The Labute approximate surface area is 118 Å². The van der Waals surface area contributed by atoms with Crippen LogP contribution in [0, 0.1) is 6.92 Å². The molecule has 1 unspecified atom stereocenters. The van der Waals surface area contributed by atoms with E-state index in [2.05, 4.69) is 5.32 Å². The van der Waals surface area contributed by atoms with Crippen LogP contribution in [0.5, 0.6) is 5.75 Å². The first-order valence-electron chi connectivity index (χ1n) is 6.88. The molecule has 20 heavy (non-hydrogen) atoms. The zero-order valence-electron chi connectivity index (χ0n) is 12.0. The van der Waals surface area contributed by atoms with Gasteiger partial charge in [0.15, 0.2) is 0 Å². The van der Waals surface area contributed by atoms with Crippen molar-refractivity contribution in [1.29, 1.82) is 0 Å². The molecule has 0 bridgehead atoms. The maximum Gasteiger partial charge on any atom is 0.238 e. The van der Waals surface area contributed by atoms with Crippen LogP contribution in [-0.4, -0.2) is 43.7 Å². The molecule has 0 saturated carbocycles. The zero-order chi connectivity index (χ0) is 14.5. The second-order valence-corrected chi connectivity index (χ2v) is 5.17. The fourth-order valence-corrected chi connectivity index (χ4v) is 2.57. The van der Waals surface area contributed by atoms with Gasteiger partial charge in [-0.1, -0.05) is 6.07 Å². The molecule has 1 aliphatic rings. The van der Waals surface area contributed by atoms with E-state index in [-0.39, 0.29) is 25.2 Å². The number of anilines is 1. The molecule has 0 aliphatic carbocycles. The summed E-state index contributed by atoms with van der Waals surface area (Å²) in [5, 5.41) is 2.85. The number of amides is 1. The normalized spacial score (nSPS) is 19.1. The molecule has 110 valence electrons. The SMILES string of the molecule is COc1ccc(C)cc1NC(=O)CN1CCCC1CF. The Balaban J connectivity index is 1.99. The molecule has 1 aromatic carbocycles. The molecule has 1 N–H and O–H groups in total. The molecule has 0 aromatic heterocycles. The van der Waals surface area contributed by atoms with Crippen LogP contribution in [0.4, 0.5) is 10.1 Å². The quantitative estimate of drug-likeness (QED) is 0.900. The standard InChI is InChI=1S/C15H21FN2O2/c1-11-5-6-14(20-2)13(8-11)17-15(19)10-18-7-3-4-12(18)9-16/h5-6,8,12H,3-4,7,9-10H2,1-2H3,(H,17,19). The van der Waals surface area contributed by atoms with E-state index >= 15 is 0 Å². The number of hydrogen-bond donors (Lipinski definition) is 1. The summed E-state index contributed by atoms with van der Waals surface area (Å²) in [6.45, 7) is 2.58. The van der Waals surface area contributed by atoms with E-state index in [1.807, 2.05) is 30.0 Å². The molecule has 1 saturated heterocycles. The van der Waals surface area contributed by atoms with Crippen LogP contribution in [0.1, 0.15) is 18.4 Å². The predicted molar refractivity (Wildman–Crippen MR) is 76.9 cm³/mol. The van der Waals surface area contributed by atoms with E-state index in [1.54, 1.807) is 7.11 Å². The second kappa shape index (κ2) is 6.70. The summed E-state index contributed by atoms with van der Waals surface area (Å²) in [5.74, 6) is 0.502. The van der Waals surface area contributed by atoms with Gasteiger partial charge in [0.25, 0.3) is 0 Å². The van der Waals surface area contributed by atoms with Gasteiger partial charge < -0.3 is 10.1 Å². The van der Waals surface area contributed by atoms with Crippen LogP contribution in [0.25, 0.3) is 0 Å². The first-order chi connectivity index (χ1) is 9.63. The highest BCUT2D eigenvalue weighted by Gasteiger charge is 2.26. The van der Waals surface area contributed by atoms with Crippen LogP contribution in [-0.2, 0) is 4.79 Å². The van der Waals surface area contributed by atoms with Crippen molar-refractivity contribution in [1.82, 2.24) is 4.90 Å². The van der Waals surface area contributed by atoms with Crippen molar-refractivity contribution in [2.45, 2.75) is 25.8 Å². The van der Waals surface area contributed by atoms with Crippen molar-refractivity contribution in [3.05, 3.63) is 23.8 Å². The highest BCUT2D eigenvalue weighted by atomic mass is 19.1. The van der Waals surface area contributed by atoms with Gasteiger partial charge in [-0.15, -0.1) is 0 Å². The third kappa shape index (κ3) is 3.48. The number of carbonyl (C=O) groups excluding carboxylic acids is 1. The Bertz CT molecular complexity index is 479. The molecule has 5 heteroatoms. The summed E-state index contributed by atoms with van der Waals surface area (Å²) >= 11 is 0. The number of rotatable bonds is 5. The number of methoxy groups -OCH3 is 1. The summed E-state index contributed by atoms with van der Waals surface area (Å²) in [4.78, 5) is 14.0. The van der Waals surface area contributed by atoms with Crippen molar-refractivity contribution in [3.8, 4) is 5.75 Å². The number of ether oxygens (including phenoxy) is 1. The van der Waals surface area contributed by atoms with E-state index in [0.717, 1.165) is 24.9 Å². The first-order valence-corrected chi connectivity index (χ1v) is 6.88. The zero-order valence-corrected chi connectivity index (χ0v) is 12.0. The Morgan fingerprint density at radius 2 is 2.35 bits per heavy atom.